The number of hydrogen-bond acceptors (Lipinski definition) is 2. The molecule has 0 saturated carbocycles. The van der Waals surface area contributed by atoms with Gasteiger partial charge in [-0.3, -0.25) is 4.79 Å². The van der Waals surface area contributed by atoms with Crippen molar-refractivity contribution in [1.82, 2.24) is 0 Å². The van der Waals surface area contributed by atoms with Crippen LogP contribution in [0.2, 0.25) is 0 Å². The average Bonchev–Trinajstić information content (AvgIpc) is 2.58. The molecular formula is C15H21NO2. The number of fused-ring (bicyclic) bond motifs is 1. The molecule has 18 heavy (non-hydrogen) atoms. The summed E-state index contributed by atoms with van der Waals surface area (Å²) >= 11 is 0. The molecule has 3 nitrogen and oxygen atoms in total. The van der Waals surface area contributed by atoms with Crippen LogP contribution < -0.4 is 4.90 Å². The fraction of sp³-hybridized carbons (Fsp3) is 0.533. The lowest BCUT2D eigenvalue weighted by atomic mass is 10.1. The molecule has 2 rings (SSSR count). The molecule has 0 fully saturated rings. The Morgan fingerprint density at radius 2 is 2.17 bits per heavy atom. The standard InChI is InChI=1S/C15H21NO2/c1-12(17)9-10-15(18)16-11-5-4-7-13-6-2-3-8-14(13)16/h2-3,6,8,12,17H,4-5,7,9-11H2,1H3. The number of anilines is 1. The maximum atomic E-state index is 12.2. The molecule has 98 valence electrons. The van der Waals surface area contributed by atoms with Gasteiger partial charge in [-0.05, 0) is 44.2 Å². The Bertz CT molecular complexity index is 415. The van der Waals surface area contributed by atoms with E-state index < -0.39 is 6.10 Å². The van der Waals surface area contributed by atoms with Crippen LogP contribution in [0.3, 0.4) is 0 Å². The predicted octanol–water partition coefficient (Wildman–Crippen LogP) is 2.52. The number of hydrogen-bond donors (Lipinski definition) is 1. The van der Waals surface area contributed by atoms with Crippen LogP contribution in [0, 0.1) is 0 Å². The predicted molar refractivity (Wildman–Crippen MR) is 72.6 cm³/mol. The number of aliphatic hydroxyl groups is 1. The summed E-state index contributed by atoms with van der Waals surface area (Å²) in [4.78, 5) is 14.1. The first kappa shape index (κ1) is 13.1. The van der Waals surface area contributed by atoms with E-state index in [-0.39, 0.29) is 5.91 Å². The second-order valence-corrected chi connectivity index (χ2v) is 5.02. The van der Waals surface area contributed by atoms with E-state index in [0.717, 1.165) is 31.5 Å². The molecule has 0 aromatic heterocycles. The third-order valence-electron chi connectivity index (χ3n) is 3.44. The van der Waals surface area contributed by atoms with Gasteiger partial charge in [-0.2, -0.15) is 0 Å². The SMILES string of the molecule is CC(O)CCC(=O)N1CCCCc2ccccc21. The highest BCUT2D eigenvalue weighted by atomic mass is 16.3. The molecule has 0 aliphatic carbocycles. The van der Waals surface area contributed by atoms with Gasteiger partial charge in [-0.15, -0.1) is 0 Å². The van der Waals surface area contributed by atoms with Crippen molar-refractivity contribution in [1.29, 1.82) is 0 Å². The normalized spacial score (nSPS) is 16.9. The fourth-order valence-electron chi connectivity index (χ4n) is 2.42. The average molecular weight is 247 g/mol. The van der Waals surface area contributed by atoms with Gasteiger partial charge in [0.05, 0.1) is 6.10 Å². The fourth-order valence-corrected chi connectivity index (χ4v) is 2.42. The third-order valence-corrected chi connectivity index (χ3v) is 3.44. The molecule has 1 heterocycles. The Morgan fingerprint density at radius 3 is 2.94 bits per heavy atom. The van der Waals surface area contributed by atoms with Crippen LogP contribution in [0.4, 0.5) is 5.69 Å². The van der Waals surface area contributed by atoms with Crippen LogP contribution in [-0.4, -0.2) is 23.7 Å². The Morgan fingerprint density at radius 1 is 1.39 bits per heavy atom. The van der Waals surface area contributed by atoms with Crippen molar-refractivity contribution in [3.63, 3.8) is 0 Å². The van der Waals surface area contributed by atoms with Gasteiger partial charge in [0.15, 0.2) is 0 Å². The van der Waals surface area contributed by atoms with Gasteiger partial charge >= 0.3 is 0 Å². The molecular weight excluding hydrogens is 226 g/mol. The van der Waals surface area contributed by atoms with Gasteiger partial charge in [-0.25, -0.2) is 0 Å². The zero-order chi connectivity index (χ0) is 13.0. The number of rotatable bonds is 3. The van der Waals surface area contributed by atoms with Crippen LogP contribution in [0.1, 0.15) is 38.2 Å². The molecule has 1 aromatic carbocycles. The van der Waals surface area contributed by atoms with Crippen molar-refractivity contribution in [3.05, 3.63) is 29.8 Å². The number of carbonyl (C=O) groups excluding carboxylic acids is 1. The molecule has 1 aliphatic heterocycles. The maximum Gasteiger partial charge on any atom is 0.227 e. The highest BCUT2D eigenvalue weighted by Gasteiger charge is 2.20. The van der Waals surface area contributed by atoms with E-state index in [0.29, 0.717) is 12.8 Å². The zero-order valence-electron chi connectivity index (χ0n) is 10.9. The number of carbonyl (C=O) groups is 1. The van der Waals surface area contributed by atoms with Crippen LogP contribution in [0.25, 0.3) is 0 Å². The van der Waals surface area contributed by atoms with Crippen molar-refractivity contribution in [2.24, 2.45) is 0 Å². The minimum absolute atomic E-state index is 0.130. The van der Waals surface area contributed by atoms with E-state index in [2.05, 4.69) is 6.07 Å². The molecule has 1 aliphatic rings. The van der Waals surface area contributed by atoms with Crippen molar-refractivity contribution in [3.8, 4) is 0 Å². The number of nitrogens with zero attached hydrogens (tertiary/aromatic N) is 1. The van der Waals surface area contributed by atoms with E-state index in [1.807, 2.05) is 23.1 Å². The molecule has 1 N–H and O–H groups in total. The molecule has 0 spiro atoms. The van der Waals surface area contributed by atoms with E-state index >= 15 is 0 Å². The molecule has 1 unspecified atom stereocenters. The summed E-state index contributed by atoms with van der Waals surface area (Å²) in [5, 5.41) is 9.28. The van der Waals surface area contributed by atoms with Gasteiger partial charge in [-0.1, -0.05) is 18.2 Å². The summed E-state index contributed by atoms with van der Waals surface area (Å²) in [6, 6.07) is 8.15. The maximum absolute atomic E-state index is 12.2. The molecule has 0 saturated heterocycles. The lowest BCUT2D eigenvalue weighted by molar-refractivity contribution is -0.119. The smallest absolute Gasteiger partial charge is 0.227 e. The molecule has 3 heteroatoms. The molecule has 0 bridgehead atoms. The van der Waals surface area contributed by atoms with Gasteiger partial charge in [0.2, 0.25) is 5.91 Å². The van der Waals surface area contributed by atoms with Crippen molar-refractivity contribution < 1.29 is 9.90 Å². The van der Waals surface area contributed by atoms with Crippen LogP contribution in [0.5, 0.6) is 0 Å². The second kappa shape index (κ2) is 6.01. The van der Waals surface area contributed by atoms with Crippen LogP contribution in [0.15, 0.2) is 24.3 Å². The van der Waals surface area contributed by atoms with Gasteiger partial charge in [0.1, 0.15) is 0 Å². The molecule has 1 amide bonds. The van der Waals surface area contributed by atoms with E-state index in [9.17, 15) is 9.90 Å². The highest BCUT2D eigenvalue weighted by molar-refractivity contribution is 5.94. The third kappa shape index (κ3) is 3.10. The van der Waals surface area contributed by atoms with Gasteiger partial charge < -0.3 is 10.0 Å². The number of para-hydroxylation sites is 1. The molecule has 0 radical (unpaired) electrons. The lowest BCUT2D eigenvalue weighted by Crippen LogP contribution is -2.32. The zero-order valence-corrected chi connectivity index (χ0v) is 10.9. The van der Waals surface area contributed by atoms with Crippen molar-refractivity contribution in [2.45, 2.75) is 45.1 Å². The summed E-state index contributed by atoms with van der Waals surface area (Å²) in [6.45, 7) is 2.53. The quantitative estimate of drug-likeness (QED) is 0.891. The summed E-state index contributed by atoms with van der Waals surface area (Å²) in [5.41, 5.74) is 2.32. The Labute approximate surface area is 108 Å². The highest BCUT2D eigenvalue weighted by Crippen LogP contribution is 2.26. The second-order valence-electron chi connectivity index (χ2n) is 5.02. The monoisotopic (exact) mass is 247 g/mol. The molecule has 1 atom stereocenters. The first-order valence-electron chi connectivity index (χ1n) is 6.75. The van der Waals surface area contributed by atoms with E-state index in [1.165, 1.54) is 5.56 Å². The lowest BCUT2D eigenvalue weighted by Gasteiger charge is -2.23. The first-order chi connectivity index (χ1) is 8.68. The summed E-state index contributed by atoms with van der Waals surface area (Å²) in [7, 11) is 0. The van der Waals surface area contributed by atoms with Crippen molar-refractivity contribution in [2.75, 3.05) is 11.4 Å². The van der Waals surface area contributed by atoms with E-state index in [4.69, 9.17) is 0 Å². The summed E-state index contributed by atoms with van der Waals surface area (Å²) in [6.07, 6.45) is 3.79. The summed E-state index contributed by atoms with van der Waals surface area (Å²) < 4.78 is 0. The van der Waals surface area contributed by atoms with Crippen LogP contribution >= 0.6 is 0 Å². The molecule has 1 aromatic rings. The Balaban J connectivity index is 2.14. The topological polar surface area (TPSA) is 40.5 Å². The summed E-state index contributed by atoms with van der Waals surface area (Å²) in [5.74, 6) is 0.130. The number of aliphatic hydroxyl groups excluding tert-OH is 1. The van der Waals surface area contributed by atoms with Gasteiger partial charge in [0, 0.05) is 18.7 Å². The van der Waals surface area contributed by atoms with Crippen LogP contribution in [-0.2, 0) is 11.2 Å². The van der Waals surface area contributed by atoms with Gasteiger partial charge in [0.25, 0.3) is 0 Å². The van der Waals surface area contributed by atoms with Crippen molar-refractivity contribution >= 4 is 11.6 Å². The largest absolute Gasteiger partial charge is 0.393 e. The van der Waals surface area contributed by atoms with E-state index in [1.54, 1.807) is 6.92 Å². The minimum Gasteiger partial charge on any atom is -0.393 e. The Kier molecular flexibility index (Phi) is 4.37. The Hall–Kier alpha value is -1.35. The minimum atomic E-state index is -0.406. The number of amides is 1. The number of benzene rings is 1. The first-order valence-corrected chi connectivity index (χ1v) is 6.75. The number of aryl methyl sites for hydroxylation is 1.